The second-order valence-electron chi connectivity index (χ2n) is 6.57. The predicted octanol–water partition coefficient (Wildman–Crippen LogP) is 3.80. The molecule has 1 aliphatic heterocycles. The van der Waals surface area contributed by atoms with Crippen LogP contribution >= 0.6 is 0 Å². The van der Waals surface area contributed by atoms with Crippen molar-refractivity contribution in [2.45, 2.75) is 32.7 Å². The van der Waals surface area contributed by atoms with Crippen LogP contribution in [-0.4, -0.2) is 23.3 Å². The van der Waals surface area contributed by atoms with Gasteiger partial charge in [-0.2, -0.15) is 0 Å². The molecule has 2 aromatic carbocycles. The van der Waals surface area contributed by atoms with Gasteiger partial charge in [0.1, 0.15) is 0 Å². The second-order valence-corrected chi connectivity index (χ2v) is 6.57. The summed E-state index contributed by atoms with van der Waals surface area (Å²) in [5.41, 5.74) is 3.10. The van der Waals surface area contributed by atoms with E-state index in [4.69, 9.17) is 0 Å². The van der Waals surface area contributed by atoms with Gasteiger partial charge in [0.2, 0.25) is 11.8 Å². The molecule has 0 bridgehead atoms. The Balaban J connectivity index is 1.64. The van der Waals surface area contributed by atoms with E-state index in [1.807, 2.05) is 61.5 Å². The molecule has 3 rings (SSSR count). The number of hydrogen-bond donors (Lipinski definition) is 1. The zero-order valence-corrected chi connectivity index (χ0v) is 14.7. The lowest BCUT2D eigenvalue weighted by Crippen LogP contribution is -2.30. The number of benzene rings is 2. The van der Waals surface area contributed by atoms with Crippen molar-refractivity contribution in [3.8, 4) is 0 Å². The van der Waals surface area contributed by atoms with E-state index < -0.39 is 0 Å². The van der Waals surface area contributed by atoms with E-state index in [2.05, 4.69) is 12.2 Å². The van der Waals surface area contributed by atoms with Crippen LogP contribution in [0.2, 0.25) is 0 Å². The maximum Gasteiger partial charge on any atom is 0.229 e. The SMILES string of the molecule is CCc1ccc(NC(=O)[C@H]2CC(=O)N([C@@H](C)c3ccccc3)C2)cc1. The number of rotatable bonds is 5. The molecule has 4 nitrogen and oxygen atoms in total. The second kappa shape index (κ2) is 7.51. The highest BCUT2D eigenvalue weighted by Crippen LogP contribution is 2.29. The minimum atomic E-state index is -0.301. The van der Waals surface area contributed by atoms with Crippen molar-refractivity contribution in [1.29, 1.82) is 0 Å². The lowest BCUT2D eigenvalue weighted by molar-refractivity contribution is -0.129. The number of nitrogens with one attached hydrogen (secondary N) is 1. The normalized spacial score (nSPS) is 18.2. The van der Waals surface area contributed by atoms with Crippen molar-refractivity contribution in [2.75, 3.05) is 11.9 Å². The number of nitrogens with zero attached hydrogens (tertiary/aromatic N) is 1. The Hall–Kier alpha value is -2.62. The van der Waals surface area contributed by atoms with Gasteiger partial charge in [-0.05, 0) is 36.6 Å². The smallest absolute Gasteiger partial charge is 0.229 e. The molecule has 0 saturated carbocycles. The number of anilines is 1. The maximum absolute atomic E-state index is 12.5. The van der Waals surface area contributed by atoms with Gasteiger partial charge in [0.15, 0.2) is 0 Å². The van der Waals surface area contributed by atoms with Gasteiger partial charge in [0.05, 0.1) is 12.0 Å². The lowest BCUT2D eigenvalue weighted by Gasteiger charge is -2.25. The molecule has 1 heterocycles. The summed E-state index contributed by atoms with van der Waals surface area (Å²) in [6.07, 6.45) is 1.24. The molecular weight excluding hydrogens is 312 g/mol. The summed E-state index contributed by atoms with van der Waals surface area (Å²) in [4.78, 5) is 26.7. The van der Waals surface area contributed by atoms with E-state index in [9.17, 15) is 9.59 Å². The standard InChI is InChI=1S/C21H24N2O2/c1-3-16-9-11-19(12-10-16)22-21(25)18-13-20(24)23(14-18)15(2)17-7-5-4-6-8-17/h4-12,15,18H,3,13-14H2,1-2H3,(H,22,25)/t15-,18-/m0/s1. The Kier molecular flexibility index (Phi) is 5.17. The van der Waals surface area contributed by atoms with Crippen molar-refractivity contribution in [3.05, 3.63) is 65.7 Å². The minimum absolute atomic E-state index is 0.0182. The Labute approximate surface area is 148 Å². The van der Waals surface area contributed by atoms with Gasteiger partial charge < -0.3 is 10.2 Å². The van der Waals surface area contributed by atoms with Gasteiger partial charge in [-0.3, -0.25) is 9.59 Å². The van der Waals surface area contributed by atoms with E-state index in [0.717, 1.165) is 17.7 Å². The van der Waals surface area contributed by atoms with Crippen molar-refractivity contribution in [3.63, 3.8) is 0 Å². The van der Waals surface area contributed by atoms with Gasteiger partial charge in [-0.15, -0.1) is 0 Å². The van der Waals surface area contributed by atoms with Crippen LogP contribution in [0.4, 0.5) is 5.69 Å². The molecule has 0 aromatic heterocycles. The molecule has 1 saturated heterocycles. The number of carbonyl (C=O) groups excluding carboxylic acids is 2. The molecule has 1 aliphatic rings. The first-order valence-corrected chi connectivity index (χ1v) is 8.82. The first kappa shape index (κ1) is 17.2. The first-order valence-electron chi connectivity index (χ1n) is 8.82. The van der Waals surface area contributed by atoms with Crippen LogP contribution in [0, 0.1) is 5.92 Å². The number of hydrogen-bond acceptors (Lipinski definition) is 2. The van der Waals surface area contributed by atoms with E-state index >= 15 is 0 Å². The molecular formula is C21H24N2O2. The third-order valence-corrected chi connectivity index (χ3v) is 4.91. The average molecular weight is 336 g/mol. The molecule has 2 amide bonds. The molecule has 1 N–H and O–H groups in total. The third-order valence-electron chi connectivity index (χ3n) is 4.91. The monoisotopic (exact) mass is 336 g/mol. The Morgan fingerprint density at radius 3 is 2.48 bits per heavy atom. The van der Waals surface area contributed by atoms with Gasteiger partial charge in [0.25, 0.3) is 0 Å². The number of amides is 2. The fourth-order valence-electron chi connectivity index (χ4n) is 3.26. The molecule has 0 unspecified atom stereocenters. The van der Waals surface area contributed by atoms with Gasteiger partial charge in [-0.25, -0.2) is 0 Å². The average Bonchev–Trinajstić information content (AvgIpc) is 3.04. The molecule has 4 heteroatoms. The van der Waals surface area contributed by atoms with E-state index in [1.165, 1.54) is 5.56 Å². The van der Waals surface area contributed by atoms with Gasteiger partial charge in [0, 0.05) is 18.7 Å². The zero-order valence-electron chi connectivity index (χ0n) is 14.7. The Morgan fingerprint density at radius 1 is 1.16 bits per heavy atom. The first-order chi connectivity index (χ1) is 12.1. The Bertz CT molecular complexity index is 740. The summed E-state index contributed by atoms with van der Waals surface area (Å²) >= 11 is 0. The van der Waals surface area contributed by atoms with E-state index in [1.54, 1.807) is 4.90 Å². The summed E-state index contributed by atoms with van der Waals surface area (Å²) in [6.45, 7) is 4.57. The largest absolute Gasteiger partial charge is 0.335 e. The molecule has 1 fully saturated rings. The van der Waals surface area contributed by atoms with Crippen LogP contribution in [0.25, 0.3) is 0 Å². The summed E-state index contributed by atoms with van der Waals surface area (Å²) in [7, 11) is 0. The van der Waals surface area contributed by atoms with Crippen molar-refractivity contribution >= 4 is 17.5 Å². The van der Waals surface area contributed by atoms with Crippen LogP contribution < -0.4 is 5.32 Å². The van der Waals surface area contributed by atoms with Gasteiger partial charge in [-0.1, -0.05) is 49.4 Å². The van der Waals surface area contributed by atoms with Crippen LogP contribution in [0.3, 0.4) is 0 Å². The molecule has 25 heavy (non-hydrogen) atoms. The Morgan fingerprint density at radius 2 is 1.84 bits per heavy atom. The fourth-order valence-corrected chi connectivity index (χ4v) is 3.26. The van der Waals surface area contributed by atoms with Crippen molar-refractivity contribution in [2.24, 2.45) is 5.92 Å². The predicted molar refractivity (Wildman–Crippen MR) is 99.1 cm³/mol. The van der Waals surface area contributed by atoms with Crippen LogP contribution in [0.15, 0.2) is 54.6 Å². The molecule has 2 atom stereocenters. The minimum Gasteiger partial charge on any atom is -0.335 e. The molecule has 0 aliphatic carbocycles. The topological polar surface area (TPSA) is 49.4 Å². The van der Waals surface area contributed by atoms with Crippen LogP contribution in [0.5, 0.6) is 0 Å². The maximum atomic E-state index is 12.5. The van der Waals surface area contributed by atoms with Crippen LogP contribution in [0.1, 0.15) is 37.4 Å². The quantitative estimate of drug-likeness (QED) is 0.903. The van der Waals surface area contributed by atoms with Crippen LogP contribution in [-0.2, 0) is 16.0 Å². The van der Waals surface area contributed by atoms with Crippen molar-refractivity contribution < 1.29 is 9.59 Å². The lowest BCUT2D eigenvalue weighted by atomic mass is 10.1. The highest BCUT2D eigenvalue weighted by molar-refractivity contribution is 5.97. The summed E-state index contributed by atoms with van der Waals surface area (Å²) in [6, 6.07) is 17.8. The highest BCUT2D eigenvalue weighted by atomic mass is 16.2. The van der Waals surface area contributed by atoms with E-state index in [0.29, 0.717) is 6.54 Å². The molecule has 0 spiro atoms. The van der Waals surface area contributed by atoms with Gasteiger partial charge >= 0.3 is 0 Å². The third kappa shape index (κ3) is 3.90. The zero-order chi connectivity index (χ0) is 17.8. The molecule has 2 aromatic rings. The summed E-state index contributed by atoms with van der Waals surface area (Å²) in [5, 5.41) is 2.94. The van der Waals surface area contributed by atoms with E-state index in [-0.39, 0.29) is 30.2 Å². The molecule has 0 radical (unpaired) electrons. The summed E-state index contributed by atoms with van der Waals surface area (Å²) < 4.78 is 0. The number of carbonyl (C=O) groups is 2. The molecule has 130 valence electrons. The number of aryl methyl sites for hydroxylation is 1. The summed E-state index contributed by atoms with van der Waals surface area (Å²) in [5.74, 6) is -0.345. The highest BCUT2D eigenvalue weighted by Gasteiger charge is 2.36. The fraction of sp³-hybridized carbons (Fsp3) is 0.333. The number of likely N-dealkylation sites (tertiary alicyclic amines) is 1. The van der Waals surface area contributed by atoms with Crippen molar-refractivity contribution in [1.82, 2.24) is 4.90 Å².